The summed E-state index contributed by atoms with van der Waals surface area (Å²) in [6.45, 7) is 4.71. The van der Waals surface area contributed by atoms with Crippen LogP contribution in [0.1, 0.15) is 42.7 Å². The molecule has 0 atom stereocenters. The standard InChI is InChI=1S/C45H31NO2/c1-45(2)36-20-19-32-30-10-4-8-14-41(30)48-44(32)43(36)33-18-17-28(25-37(33)45)46-38-12-6-3-9-29(38)34-23-26(15-21-39(34)46)27-16-22-42-35(24-27)31-11-5-7-13-40(31)47-42/h3,5-9,11-25H,4,10H2,1-2H3. The molecule has 0 bridgehead atoms. The molecule has 3 aromatic heterocycles. The van der Waals surface area contributed by atoms with E-state index in [0.29, 0.717) is 0 Å². The normalized spacial score (nSPS) is 14.8. The molecule has 3 heterocycles. The van der Waals surface area contributed by atoms with Crippen LogP contribution in [0.25, 0.3) is 88.7 Å². The van der Waals surface area contributed by atoms with E-state index in [1.165, 1.54) is 71.8 Å². The van der Waals surface area contributed by atoms with Crippen molar-refractivity contribution in [1.29, 1.82) is 0 Å². The zero-order chi connectivity index (χ0) is 31.7. The van der Waals surface area contributed by atoms with Crippen molar-refractivity contribution in [2.45, 2.75) is 32.1 Å². The highest BCUT2D eigenvalue weighted by Gasteiger charge is 2.38. The molecule has 2 aliphatic carbocycles. The molecule has 0 unspecified atom stereocenters. The number of para-hydroxylation sites is 2. The average molecular weight is 618 g/mol. The Morgan fingerprint density at radius 3 is 2.29 bits per heavy atom. The SMILES string of the molecule is CC1(C)c2cc(-n3c4ccccc4c4cc(-c5ccc6oc7ccccc7c6c5)ccc43)ccc2-c2c1ccc1c3c(oc21)C=CCC3. The number of hydrogen-bond acceptors (Lipinski definition) is 2. The monoisotopic (exact) mass is 617 g/mol. The molecular formula is C45H31NO2. The molecule has 9 aromatic rings. The van der Waals surface area contributed by atoms with Crippen molar-refractivity contribution in [1.82, 2.24) is 4.57 Å². The third-order valence-electron chi connectivity index (χ3n) is 11.1. The van der Waals surface area contributed by atoms with Gasteiger partial charge in [0.2, 0.25) is 0 Å². The van der Waals surface area contributed by atoms with Crippen molar-refractivity contribution < 1.29 is 8.83 Å². The largest absolute Gasteiger partial charge is 0.456 e. The van der Waals surface area contributed by atoms with E-state index < -0.39 is 0 Å². The molecule has 0 spiro atoms. The minimum atomic E-state index is -0.153. The molecule has 0 N–H and O–H groups in total. The second-order valence-electron chi connectivity index (χ2n) is 14.0. The van der Waals surface area contributed by atoms with E-state index in [0.717, 1.165) is 46.1 Å². The maximum absolute atomic E-state index is 6.59. The number of furan rings is 2. The van der Waals surface area contributed by atoms with Gasteiger partial charge in [0.15, 0.2) is 0 Å². The van der Waals surface area contributed by atoms with Gasteiger partial charge in [0.1, 0.15) is 22.5 Å². The van der Waals surface area contributed by atoms with Crippen LogP contribution in [0.5, 0.6) is 0 Å². The second kappa shape index (κ2) is 9.17. The molecule has 6 aromatic carbocycles. The number of aryl methyl sites for hydroxylation is 1. The minimum absolute atomic E-state index is 0.153. The summed E-state index contributed by atoms with van der Waals surface area (Å²) in [5, 5.41) is 6.07. The van der Waals surface area contributed by atoms with Crippen molar-refractivity contribution in [3.05, 3.63) is 144 Å². The quantitative estimate of drug-likeness (QED) is 0.193. The van der Waals surface area contributed by atoms with Crippen molar-refractivity contribution in [2.24, 2.45) is 0 Å². The summed E-state index contributed by atoms with van der Waals surface area (Å²) < 4.78 is 15.1. The minimum Gasteiger partial charge on any atom is -0.456 e. The van der Waals surface area contributed by atoms with E-state index in [4.69, 9.17) is 8.83 Å². The third kappa shape index (κ3) is 3.38. The summed E-state index contributed by atoms with van der Waals surface area (Å²) in [7, 11) is 0. The average Bonchev–Trinajstić information content (AvgIpc) is 3.84. The molecule has 3 heteroatoms. The number of aromatic nitrogens is 1. The van der Waals surface area contributed by atoms with Crippen molar-refractivity contribution in [2.75, 3.05) is 0 Å². The lowest BCUT2D eigenvalue weighted by atomic mass is 9.82. The Kier molecular flexibility index (Phi) is 5.02. The van der Waals surface area contributed by atoms with Crippen LogP contribution in [0.3, 0.4) is 0 Å². The van der Waals surface area contributed by atoms with E-state index >= 15 is 0 Å². The third-order valence-corrected chi connectivity index (χ3v) is 11.1. The summed E-state index contributed by atoms with van der Waals surface area (Å²) >= 11 is 0. The fraction of sp³-hybridized carbons (Fsp3) is 0.111. The van der Waals surface area contributed by atoms with Crippen molar-refractivity contribution >= 4 is 60.8 Å². The Morgan fingerprint density at radius 2 is 1.38 bits per heavy atom. The summed E-state index contributed by atoms with van der Waals surface area (Å²) in [5.41, 5.74) is 15.3. The lowest BCUT2D eigenvalue weighted by Gasteiger charge is -2.22. The van der Waals surface area contributed by atoms with Crippen LogP contribution in [0.4, 0.5) is 0 Å². The number of allylic oxidation sites excluding steroid dienone is 1. The lowest BCUT2D eigenvalue weighted by molar-refractivity contribution is 0.595. The zero-order valence-electron chi connectivity index (χ0n) is 26.8. The fourth-order valence-electron chi connectivity index (χ4n) is 8.72. The van der Waals surface area contributed by atoms with Crippen LogP contribution >= 0.6 is 0 Å². The molecule has 0 radical (unpaired) electrons. The molecule has 0 saturated heterocycles. The van der Waals surface area contributed by atoms with Crippen LogP contribution in [0.15, 0.2) is 130 Å². The first kappa shape index (κ1) is 26.3. The number of hydrogen-bond donors (Lipinski definition) is 0. The van der Waals surface area contributed by atoms with Gasteiger partial charge in [0.25, 0.3) is 0 Å². The maximum atomic E-state index is 6.59. The molecule has 0 aliphatic heterocycles. The van der Waals surface area contributed by atoms with Gasteiger partial charge in [-0.3, -0.25) is 0 Å². The van der Waals surface area contributed by atoms with Crippen LogP contribution < -0.4 is 0 Å². The Hall–Kier alpha value is -5.80. The first-order valence-electron chi connectivity index (χ1n) is 16.9. The van der Waals surface area contributed by atoms with Crippen LogP contribution in [-0.4, -0.2) is 4.57 Å². The summed E-state index contributed by atoms with van der Waals surface area (Å²) in [4.78, 5) is 0. The first-order valence-corrected chi connectivity index (χ1v) is 16.9. The van der Waals surface area contributed by atoms with Gasteiger partial charge in [-0.25, -0.2) is 0 Å². The molecule has 0 amide bonds. The zero-order valence-corrected chi connectivity index (χ0v) is 26.8. The first-order chi connectivity index (χ1) is 23.5. The molecule has 2 aliphatic rings. The molecule has 0 saturated carbocycles. The Morgan fingerprint density at radius 1 is 0.604 bits per heavy atom. The topological polar surface area (TPSA) is 31.2 Å². The van der Waals surface area contributed by atoms with Crippen LogP contribution in [0, 0.1) is 0 Å². The molecular weight excluding hydrogens is 587 g/mol. The van der Waals surface area contributed by atoms with E-state index in [1.54, 1.807) is 0 Å². The second-order valence-corrected chi connectivity index (χ2v) is 14.0. The molecule has 0 fully saturated rings. The molecule has 11 rings (SSSR count). The van der Waals surface area contributed by atoms with E-state index in [9.17, 15) is 0 Å². The summed E-state index contributed by atoms with van der Waals surface area (Å²) in [6.07, 6.45) is 6.49. The molecule has 48 heavy (non-hydrogen) atoms. The fourth-order valence-corrected chi connectivity index (χ4v) is 8.72. The van der Waals surface area contributed by atoms with Gasteiger partial charge in [-0.05, 0) is 95.3 Å². The Balaban J connectivity index is 1.09. The maximum Gasteiger partial charge on any atom is 0.143 e. The number of rotatable bonds is 2. The van der Waals surface area contributed by atoms with Crippen LogP contribution in [0.2, 0.25) is 0 Å². The highest BCUT2D eigenvalue weighted by atomic mass is 16.3. The van der Waals surface area contributed by atoms with E-state index in [1.807, 2.05) is 12.1 Å². The lowest BCUT2D eigenvalue weighted by Crippen LogP contribution is -2.15. The van der Waals surface area contributed by atoms with Gasteiger partial charge >= 0.3 is 0 Å². The highest BCUT2D eigenvalue weighted by Crippen LogP contribution is 2.53. The van der Waals surface area contributed by atoms with Crippen molar-refractivity contribution in [3.8, 4) is 27.9 Å². The van der Waals surface area contributed by atoms with Gasteiger partial charge in [-0.15, -0.1) is 0 Å². The molecule has 3 nitrogen and oxygen atoms in total. The van der Waals surface area contributed by atoms with Gasteiger partial charge in [-0.1, -0.05) is 86.7 Å². The predicted molar refractivity (Wildman–Crippen MR) is 198 cm³/mol. The number of nitrogens with zero attached hydrogens (tertiary/aromatic N) is 1. The van der Waals surface area contributed by atoms with Gasteiger partial charge < -0.3 is 13.4 Å². The van der Waals surface area contributed by atoms with Gasteiger partial charge in [-0.2, -0.15) is 0 Å². The van der Waals surface area contributed by atoms with E-state index in [2.05, 4.69) is 134 Å². The Bertz CT molecular complexity index is 2870. The van der Waals surface area contributed by atoms with Crippen LogP contribution in [-0.2, 0) is 11.8 Å². The number of fused-ring (bicyclic) bond motifs is 13. The highest BCUT2D eigenvalue weighted by molar-refractivity contribution is 6.11. The van der Waals surface area contributed by atoms with E-state index in [-0.39, 0.29) is 5.41 Å². The smallest absolute Gasteiger partial charge is 0.143 e. The summed E-state index contributed by atoms with van der Waals surface area (Å²) in [5.74, 6) is 1.02. The Labute approximate surface area is 277 Å². The summed E-state index contributed by atoms with van der Waals surface area (Å²) in [6, 6.07) is 42.2. The molecule has 228 valence electrons. The van der Waals surface area contributed by atoms with Gasteiger partial charge in [0.05, 0.1) is 11.0 Å². The van der Waals surface area contributed by atoms with Crippen molar-refractivity contribution in [3.63, 3.8) is 0 Å². The van der Waals surface area contributed by atoms with Gasteiger partial charge in [0, 0.05) is 49.2 Å². The number of benzene rings is 6. The predicted octanol–water partition coefficient (Wildman–Crippen LogP) is 12.4.